The fourth-order valence-corrected chi connectivity index (χ4v) is 3.52. The quantitative estimate of drug-likeness (QED) is 0.404. The van der Waals surface area contributed by atoms with Gasteiger partial charge in [0.05, 0.1) is 30.2 Å². The summed E-state index contributed by atoms with van der Waals surface area (Å²) in [6.07, 6.45) is 2.02. The summed E-state index contributed by atoms with van der Waals surface area (Å²) < 4.78 is 6.92. The maximum absolute atomic E-state index is 12.3. The third-order valence-corrected chi connectivity index (χ3v) is 5.07. The Morgan fingerprint density at radius 1 is 1.31 bits per heavy atom. The molecule has 0 aliphatic heterocycles. The number of aryl methyl sites for hydroxylation is 2. The summed E-state index contributed by atoms with van der Waals surface area (Å²) in [5, 5.41) is 16.2. The molecule has 3 aromatic heterocycles. The summed E-state index contributed by atoms with van der Waals surface area (Å²) in [7, 11) is 0. The number of anilines is 1. The number of rotatable bonds is 9. The summed E-state index contributed by atoms with van der Waals surface area (Å²) in [5.74, 6) is 2.28. The van der Waals surface area contributed by atoms with Crippen LogP contribution in [-0.4, -0.2) is 49.2 Å². The number of hydrogen-bond donors (Lipinski definition) is 2. The minimum Gasteiger partial charge on any atom is -0.367 e. The van der Waals surface area contributed by atoms with Crippen LogP contribution >= 0.6 is 11.8 Å². The van der Waals surface area contributed by atoms with Crippen LogP contribution in [0.5, 0.6) is 0 Å². The molecule has 1 amide bonds. The fraction of sp³-hybridized carbons (Fsp3) is 0.526. The van der Waals surface area contributed by atoms with Gasteiger partial charge in [-0.05, 0) is 33.4 Å². The van der Waals surface area contributed by atoms with Gasteiger partial charge in [-0.25, -0.2) is 14.6 Å². The molecule has 0 spiro atoms. The predicted octanol–water partition coefficient (Wildman–Crippen LogP) is 2.72. The first-order valence-corrected chi connectivity index (χ1v) is 10.7. The van der Waals surface area contributed by atoms with Crippen molar-refractivity contribution in [3.8, 4) is 0 Å². The van der Waals surface area contributed by atoms with Gasteiger partial charge in [-0.1, -0.05) is 23.8 Å². The van der Waals surface area contributed by atoms with Gasteiger partial charge >= 0.3 is 0 Å². The van der Waals surface area contributed by atoms with E-state index >= 15 is 0 Å². The predicted molar refractivity (Wildman–Crippen MR) is 113 cm³/mol. The summed E-state index contributed by atoms with van der Waals surface area (Å²) >= 11 is 1.59. The van der Waals surface area contributed by atoms with E-state index in [0.29, 0.717) is 24.0 Å². The summed E-state index contributed by atoms with van der Waals surface area (Å²) in [6.45, 7) is 10.8. The van der Waals surface area contributed by atoms with Crippen molar-refractivity contribution in [2.45, 2.75) is 58.8 Å². The molecule has 3 rings (SSSR count). The van der Waals surface area contributed by atoms with Crippen LogP contribution < -0.4 is 10.6 Å². The monoisotopic (exact) mass is 417 g/mol. The molecule has 0 unspecified atom stereocenters. The molecule has 3 aromatic rings. The molecular weight excluding hydrogens is 390 g/mol. The Hall–Kier alpha value is -2.62. The van der Waals surface area contributed by atoms with E-state index in [9.17, 15) is 4.79 Å². The van der Waals surface area contributed by atoms with Gasteiger partial charge in [0.15, 0.2) is 10.8 Å². The molecule has 29 heavy (non-hydrogen) atoms. The Morgan fingerprint density at radius 2 is 2.10 bits per heavy atom. The summed E-state index contributed by atoms with van der Waals surface area (Å²) in [5.41, 5.74) is 2.35. The van der Waals surface area contributed by atoms with E-state index in [0.717, 1.165) is 33.9 Å². The average Bonchev–Trinajstić information content (AvgIpc) is 3.20. The van der Waals surface area contributed by atoms with Gasteiger partial charge in [-0.15, -0.1) is 0 Å². The number of hydrogen-bond acceptors (Lipinski definition) is 8. The third-order valence-electron chi connectivity index (χ3n) is 4.34. The standard InChI is InChI=1S/C19H27N7O2S/c1-6-29-19-23-17(22-11(2)3)15-10-21-26(18(15)24-19)8-7-20-16(27)9-14-12(4)25-28-13(14)5/h10-11H,6-9H2,1-5H3,(H,20,27)(H,22,23,24). The first-order valence-electron chi connectivity index (χ1n) is 9.70. The number of thioether (sulfide) groups is 1. The highest BCUT2D eigenvalue weighted by atomic mass is 32.2. The SMILES string of the molecule is CCSc1nc(NC(C)C)c2cnn(CCNC(=O)Cc3c(C)noc3C)c2n1. The zero-order valence-electron chi connectivity index (χ0n) is 17.4. The zero-order valence-corrected chi connectivity index (χ0v) is 18.3. The molecule has 0 saturated heterocycles. The molecule has 0 atom stereocenters. The van der Waals surface area contributed by atoms with Gasteiger partial charge in [0.25, 0.3) is 0 Å². The van der Waals surface area contributed by atoms with Crippen LogP contribution in [0.1, 0.15) is 37.8 Å². The van der Waals surface area contributed by atoms with E-state index in [2.05, 4.69) is 51.6 Å². The molecule has 3 heterocycles. The first kappa shape index (κ1) is 21.1. The van der Waals surface area contributed by atoms with Crippen molar-refractivity contribution in [3.63, 3.8) is 0 Å². The number of nitrogens with one attached hydrogen (secondary N) is 2. The Kier molecular flexibility index (Phi) is 6.73. The van der Waals surface area contributed by atoms with Crippen molar-refractivity contribution in [1.29, 1.82) is 0 Å². The number of aromatic nitrogens is 5. The molecule has 0 bridgehead atoms. The first-order chi connectivity index (χ1) is 13.9. The van der Waals surface area contributed by atoms with E-state index in [4.69, 9.17) is 4.52 Å². The van der Waals surface area contributed by atoms with Crippen LogP contribution in [-0.2, 0) is 17.8 Å². The van der Waals surface area contributed by atoms with Gasteiger partial charge in [-0.2, -0.15) is 5.10 Å². The molecule has 156 valence electrons. The molecule has 0 aliphatic rings. The Bertz CT molecular complexity index is 977. The minimum absolute atomic E-state index is 0.0742. The maximum Gasteiger partial charge on any atom is 0.224 e. The lowest BCUT2D eigenvalue weighted by Crippen LogP contribution is -2.29. The fourth-order valence-electron chi connectivity index (χ4n) is 2.95. The summed E-state index contributed by atoms with van der Waals surface area (Å²) in [6, 6.07) is 0.250. The lowest BCUT2D eigenvalue weighted by molar-refractivity contribution is -0.120. The number of fused-ring (bicyclic) bond motifs is 1. The molecule has 10 heteroatoms. The Balaban J connectivity index is 1.69. The van der Waals surface area contributed by atoms with Crippen molar-refractivity contribution in [2.24, 2.45) is 0 Å². The maximum atomic E-state index is 12.3. The highest BCUT2D eigenvalue weighted by molar-refractivity contribution is 7.99. The normalized spacial score (nSPS) is 11.4. The molecule has 0 saturated carbocycles. The molecule has 2 N–H and O–H groups in total. The van der Waals surface area contributed by atoms with Crippen LogP contribution in [0.4, 0.5) is 5.82 Å². The van der Waals surface area contributed by atoms with Crippen LogP contribution in [0.3, 0.4) is 0 Å². The average molecular weight is 418 g/mol. The Morgan fingerprint density at radius 3 is 2.76 bits per heavy atom. The van der Waals surface area contributed by atoms with Crippen molar-refractivity contribution < 1.29 is 9.32 Å². The number of nitrogens with zero attached hydrogens (tertiary/aromatic N) is 5. The van der Waals surface area contributed by atoms with Crippen LogP contribution in [0, 0.1) is 13.8 Å². The second kappa shape index (κ2) is 9.25. The molecular formula is C19H27N7O2S. The van der Waals surface area contributed by atoms with Crippen LogP contribution in [0.25, 0.3) is 11.0 Å². The number of amides is 1. The smallest absolute Gasteiger partial charge is 0.224 e. The van der Waals surface area contributed by atoms with Gasteiger partial charge in [0, 0.05) is 18.2 Å². The molecule has 9 nitrogen and oxygen atoms in total. The second-order valence-corrected chi connectivity index (χ2v) is 8.25. The van der Waals surface area contributed by atoms with Gasteiger partial charge < -0.3 is 15.2 Å². The van der Waals surface area contributed by atoms with E-state index in [-0.39, 0.29) is 18.4 Å². The van der Waals surface area contributed by atoms with E-state index in [1.807, 2.05) is 13.8 Å². The van der Waals surface area contributed by atoms with Gasteiger partial charge in [0.1, 0.15) is 11.6 Å². The van der Waals surface area contributed by atoms with E-state index in [1.165, 1.54) is 0 Å². The third kappa shape index (κ3) is 5.06. The van der Waals surface area contributed by atoms with E-state index in [1.54, 1.807) is 22.6 Å². The van der Waals surface area contributed by atoms with E-state index < -0.39 is 0 Å². The number of carbonyl (C=O) groups is 1. The van der Waals surface area contributed by atoms with Gasteiger partial charge in [0.2, 0.25) is 5.91 Å². The van der Waals surface area contributed by atoms with Crippen molar-refractivity contribution in [3.05, 3.63) is 23.2 Å². The van der Waals surface area contributed by atoms with Crippen molar-refractivity contribution >= 4 is 34.5 Å². The van der Waals surface area contributed by atoms with Crippen LogP contribution in [0.15, 0.2) is 15.9 Å². The minimum atomic E-state index is -0.0742. The highest BCUT2D eigenvalue weighted by Crippen LogP contribution is 2.24. The Labute approximate surface area is 174 Å². The molecule has 0 aromatic carbocycles. The molecule has 0 radical (unpaired) electrons. The van der Waals surface area contributed by atoms with Crippen molar-refractivity contribution in [1.82, 2.24) is 30.2 Å². The largest absolute Gasteiger partial charge is 0.367 e. The summed E-state index contributed by atoms with van der Waals surface area (Å²) in [4.78, 5) is 21.5. The topological polar surface area (TPSA) is 111 Å². The lowest BCUT2D eigenvalue weighted by atomic mass is 10.1. The zero-order chi connectivity index (χ0) is 21.0. The molecule has 0 fully saturated rings. The van der Waals surface area contributed by atoms with Gasteiger partial charge in [-0.3, -0.25) is 4.79 Å². The van der Waals surface area contributed by atoms with Crippen LogP contribution in [0.2, 0.25) is 0 Å². The van der Waals surface area contributed by atoms with Crippen molar-refractivity contribution in [2.75, 3.05) is 17.6 Å². The molecule has 0 aliphatic carbocycles. The number of carbonyl (C=O) groups excluding carboxylic acids is 1. The lowest BCUT2D eigenvalue weighted by Gasteiger charge is -2.11. The highest BCUT2D eigenvalue weighted by Gasteiger charge is 2.15. The second-order valence-electron chi connectivity index (χ2n) is 7.02.